The summed E-state index contributed by atoms with van der Waals surface area (Å²) in [5.41, 5.74) is 0.389. The van der Waals surface area contributed by atoms with Crippen LogP contribution in [-0.4, -0.2) is 24.2 Å². The van der Waals surface area contributed by atoms with Gasteiger partial charge in [0.05, 0.1) is 0 Å². The van der Waals surface area contributed by atoms with Crippen LogP contribution < -0.4 is 5.32 Å². The molecule has 5 heteroatoms. The predicted octanol–water partition coefficient (Wildman–Crippen LogP) is 2.25. The fourth-order valence-electron chi connectivity index (χ4n) is 1.63. The van der Waals surface area contributed by atoms with Crippen molar-refractivity contribution in [2.75, 3.05) is 13.2 Å². The average molecular weight is 271 g/mol. The molecule has 3 nitrogen and oxygen atoms in total. The number of hydrogen-bond acceptors (Lipinski definition) is 3. The molecule has 1 unspecified atom stereocenters. The molecule has 18 heavy (non-hydrogen) atoms. The van der Waals surface area contributed by atoms with E-state index in [1.54, 1.807) is 0 Å². The lowest BCUT2D eigenvalue weighted by molar-refractivity contribution is 0.0943. The van der Waals surface area contributed by atoms with Crippen LogP contribution in [0.1, 0.15) is 30.1 Å². The molecule has 0 fully saturated rings. The summed E-state index contributed by atoms with van der Waals surface area (Å²) in [5.74, 6) is -0.432. The van der Waals surface area contributed by atoms with Crippen LogP contribution in [0.4, 0.5) is 4.39 Å². The van der Waals surface area contributed by atoms with Gasteiger partial charge in [-0.3, -0.25) is 4.79 Å². The number of nitrogens with one attached hydrogen (secondary N) is 1. The Labute approximate surface area is 112 Å². The van der Waals surface area contributed by atoms with Crippen molar-refractivity contribution in [3.05, 3.63) is 29.6 Å². The van der Waals surface area contributed by atoms with Gasteiger partial charge >= 0.3 is 0 Å². The average Bonchev–Trinajstić information content (AvgIpc) is 2.37. The molecule has 1 atom stereocenters. The Bertz CT molecular complexity index is 412. The molecule has 0 radical (unpaired) electrons. The third-order valence-electron chi connectivity index (χ3n) is 2.87. The Kier molecular flexibility index (Phi) is 6.15. The Morgan fingerprint density at radius 3 is 2.83 bits per heavy atom. The van der Waals surface area contributed by atoms with Gasteiger partial charge < -0.3 is 10.4 Å². The van der Waals surface area contributed by atoms with Gasteiger partial charge in [0, 0.05) is 23.6 Å². The molecule has 1 aromatic rings. The van der Waals surface area contributed by atoms with Gasteiger partial charge in [0.1, 0.15) is 5.82 Å². The first-order chi connectivity index (χ1) is 8.58. The fourth-order valence-corrected chi connectivity index (χ4v) is 1.84. The van der Waals surface area contributed by atoms with Gasteiger partial charge in [-0.05, 0) is 30.5 Å². The van der Waals surface area contributed by atoms with Crippen molar-refractivity contribution in [2.24, 2.45) is 5.92 Å². The van der Waals surface area contributed by atoms with Gasteiger partial charge in [0.15, 0.2) is 0 Å². The van der Waals surface area contributed by atoms with Crippen LogP contribution in [0.5, 0.6) is 0 Å². The van der Waals surface area contributed by atoms with Crippen molar-refractivity contribution >= 4 is 18.5 Å². The summed E-state index contributed by atoms with van der Waals surface area (Å²) in [6.07, 6.45) is 1.56. The number of aliphatic hydroxyl groups is 1. The van der Waals surface area contributed by atoms with E-state index in [1.165, 1.54) is 18.2 Å². The number of aliphatic hydroxyl groups excluding tert-OH is 1. The smallest absolute Gasteiger partial charge is 0.251 e. The summed E-state index contributed by atoms with van der Waals surface area (Å²) in [7, 11) is 0. The van der Waals surface area contributed by atoms with Crippen LogP contribution in [0, 0.1) is 11.7 Å². The third-order valence-corrected chi connectivity index (χ3v) is 3.22. The normalized spacial score (nSPS) is 12.2. The molecule has 0 heterocycles. The molecule has 0 bridgehead atoms. The predicted molar refractivity (Wildman–Crippen MR) is 71.5 cm³/mol. The maximum atomic E-state index is 13.0. The zero-order chi connectivity index (χ0) is 13.5. The van der Waals surface area contributed by atoms with Gasteiger partial charge in [-0.2, -0.15) is 0 Å². The van der Waals surface area contributed by atoms with Crippen LogP contribution in [0.25, 0.3) is 0 Å². The second kappa shape index (κ2) is 7.38. The van der Waals surface area contributed by atoms with Crippen LogP contribution in [-0.2, 0) is 0 Å². The van der Waals surface area contributed by atoms with Gasteiger partial charge in [-0.15, -0.1) is 12.6 Å². The number of rotatable bonds is 6. The standard InChI is InChI=1S/C13H18FNO2S/c1-2-9(5-6-16)8-15-13(17)10-3-4-11(14)12(18)7-10/h3-4,7,9,16,18H,2,5-6,8H2,1H3,(H,15,17). The first-order valence-electron chi connectivity index (χ1n) is 5.96. The van der Waals surface area contributed by atoms with E-state index in [-0.39, 0.29) is 23.3 Å². The summed E-state index contributed by atoms with van der Waals surface area (Å²) in [4.78, 5) is 12.0. The first kappa shape index (κ1) is 15.0. The second-order valence-electron chi connectivity index (χ2n) is 4.16. The van der Waals surface area contributed by atoms with Crippen molar-refractivity contribution in [3.8, 4) is 0 Å². The van der Waals surface area contributed by atoms with Gasteiger partial charge in [-0.25, -0.2) is 4.39 Å². The molecule has 0 aliphatic heterocycles. The lowest BCUT2D eigenvalue weighted by atomic mass is 10.0. The number of thiol groups is 1. The highest BCUT2D eigenvalue weighted by Crippen LogP contribution is 2.14. The lowest BCUT2D eigenvalue weighted by Gasteiger charge is -2.14. The minimum Gasteiger partial charge on any atom is -0.396 e. The van der Waals surface area contributed by atoms with Crippen LogP contribution in [0.3, 0.4) is 0 Å². The van der Waals surface area contributed by atoms with E-state index in [4.69, 9.17) is 5.11 Å². The largest absolute Gasteiger partial charge is 0.396 e. The molecule has 0 spiro atoms. The maximum absolute atomic E-state index is 13.0. The Morgan fingerprint density at radius 2 is 2.28 bits per heavy atom. The SMILES string of the molecule is CCC(CCO)CNC(=O)c1ccc(F)c(S)c1. The van der Waals surface area contributed by atoms with E-state index in [2.05, 4.69) is 17.9 Å². The zero-order valence-corrected chi connectivity index (χ0v) is 11.2. The number of halogens is 1. The van der Waals surface area contributed by atoms with E-state index in [9.17, 15) is 9.18 Å². The molecule has 0 aliphatic rings. The number of amides is 1. The molecule has 0 saturated carbocycles. The van der Waals surface area contributed by atoms with Crippen molar-refractivity contribution < 1.29 is 14.3 Å². The van der Waals surface area contributed by atoms with E-state index in [0.717, 1.165) is 6.42 Å². The molecule has 1 rings (SSSR count). The van der Waals surface area contributed by atoms with E-state index in [0.29, 0.717) is 18.5 Å². The quantitative estimate of drug-likeness (QED) is 0.695. The summed E-state index contributed by atoms with van der Waals surface area (Å²) >= 11 is 3.93. The highest BCUT2D eigenvalue weighted by molar-refractivity contribution is 7.80. The van der Waals surface area contributed by atoms with Gasteiger partial charge in [0.25, 0.3) is 5.91 Å². The molecule has 0 saturated heterocycles. The van der Waals surface area contributed by atoms with E-state index < -0.39 is 5.82 Å². The van der Waals surface area contributed by atoms with E-state index >= 15 is 0 Å². The maximum Gasteiger partial charge on any atom is 0.251 e. The van der Waals surface area contributed by atoms with Gasteiger partial charge in [-0.1, -0.05) is 13.3 Å². The fraction of sp³-hybridized carbons (Fsp3) is 0.462. The summed E-state index contributed by atoms with van der Waals surface area (Å²) in [6.45, 7) is 2.64. The molecular weight excluding hydrogens is 253 g/mol. The van der Waals surface area contributed by atoms with E-state index in [1.807, 2.05) is 6.92 Å². The molecule has 2 N–H and O–H groups in total. The first-order valence-corrected chi connectivity index (χ1v) is 6.40. The lowest BCUT2D eigenvalue weighted by Crippen LogP contribution is -2.29. The third kappa shape index (κ3) is 4.31. The number of carbonyl (C=O) groups excluding carboxylic acids is 1. The second-order valence-corrected chi connectivity index (χ2v) is 4.64. The Hall–Kier alpha value is -1.07. The monoisotopic (exact) mass is 271 g/mol. The van der Waals surface area contributed by atoms with Crippen molar-refractivity contribution in [1.82, 2.24) is 5.32 Å². The zero-order valence-electron chi connectivity index (χ0n) is 10.3. The highest BCUT2D eigenvalue weighted by atomic mass is 32.1. The van der Waals surface area contributed by atoms with Gasteiger partial charge in [0.2, 0.25) is 0 Å². The molecule has 0 aromatic heterocycles. The topological polar surface area (TPSA) is 49.3 Å². The minimum absolute atomic E-state index is 0.117. The van der Waals surface area contributed by atoms with Crippen LogP contribution in [0.15, 0.2) is 23.1 Å². The highest BCUT2D eigenvalue weighted by Gasteiger charge is 2.11. The molecule has 0 aliphatic carbocycles. The van der Waals surface area contributed by atoms with Crippen molar-refractivity contribution in [1.29, 1.82) is 0 Å². The summed E-state index contributed by atoms with van der Waals surface area (Å²) in [6, 6.07) is 4.06. The van der Waals surface area contributed by atoms with Crippen molar-refractivity contribution in [2.45, 2.75) is 24.7 Å². The molecule has 100 valence electrons. The number of hydrogen-bond donors (Lipinski definition) is 3. The molecule has 1 aromatic carbocycles. The number of carbonyl (C=O) groups is 1. The van der Waals surface area contributed by atoms with Crippen molar-refractivity contribution in [3.63, 3.8) is 0 Å². The van der Waals surface area contributed by atoms with Crippen LogP contribution in [0.2, 0.25) is 0 Å². The number of benzene rings is 1. The van der Waals surface area contributed by atoms with Crippen LogP contribution >= 0.6 is 12.6 Å². The summed E-state index contributed by atoms with van der Waals surface area (Å²) in [5, 5.41) is 11.6. The Morgan fingerprint density at radius 1 is 1.56 bits per heavy atom. The minimum atomic E-state index is -0.443. The molecule has 1 amide bonds. The molecular formula is C13H18FNO2S. The Balaban J connectivity index is 2.57. The summed E-state index contributed by atoms with van der Waals surface area (Å²) < 4.78 is 13.0.